The van der Waals surface area contributed by atoms with Crippen LogP contribution in [0.5, 0.6) is 5.75 Å². The summed E-state index contributed by atoms with van der Waals surface area (Å²) in [5, 5.41) is 3.46. The van der Waals surface area contributed by atoms with Gasteiger partial charge in [0.05, 0.1) is 11.6 Å². The second-order valence-electron chi connectivity index (χ2n) is 4.49. The SMILES string of the molecule is CCOc1ccc(NC(=O)c2ccc(Cl)c(Br)c2)c(C)c1. The molecular formula is C16H15BrClNO2. The number of ether oxygens (including phenoxy) is 1. The van der Waals surface area contributed by atoms with Gasteiger partial charge in [0.1, 0.15) is 5.75 Å². The van der Waals surface area contributed by atoms with Gasteiger partial charge in [-0.05, 0) is 71.7 Å². The summed E-state index contributed by atoms with van der Waals surface area (Å²) in [6.45, 7) is 4.48. The Balaban J connectivity index is 2.17. The number of carbonyl (C=O) groups excluding carboxylic acids is 1. The molecule has 0 aliphatic heterocycles. The molecule has 1 amide bonds. The molecule has 5 heteroatoms. The maximum absolute atomic E-state index is 12.2. The molecule has 110 valence electrons. The summed E-state index contributed by atoms with van der Waals surface area (Å²) in [5.74, 6) is 0.613. The first-order valence-electron chi connectivity index (χ1n) is 6.51. The predicted octanol–water partition coefficient (Wildman–Crippen LogP) is 5.06. The van der Waals surface area contributed by atoms with Crippen LogP contribution < -0.4 is 10.1 Å². The van der Waals surface area contributed by atoms with Crippen molar-refractivity contribution < 1.29 is 9.53 Å². The highest BCUT2D eigenvalue weighted by molar-refractivity contribution is 9.10. The maximum atomic E-state index is 12.2. The number of aryl methyl sites for hydroxylation is 1. The van der Waals surface area contributed by atoms with Gasteiger partial charge in [0, 0.05) is 15.7 Å². The predicted molar refractivity (Wildman–Crippen MR) is 89.5 cm³/mol. The van der Waals surface area contributed by atoms with E-state index in [2.05, 4.69) is 21.2 Å². The van der Waals surface area contributed by atoms with Crippen LogP contribution in [0, 0.1) is 6.92 Å². The Morgan fingerprint density at radius 2 is 2.05 bits per heavy atom. The molecule has 2 aromatic carbocycles. The topological polar surface area (TPSA) is 38.3 Å². The van der Waals surface area contributed by atoms with Gasteiger partial charge in [-0.1, -0.05) is 11.6 Å². The van der Waals surface area contributed by atoms with Crippen molar-refractivity contribution in [2.45, 2.75) is 13.8 Å². The molecule has 0 saturated heterocycles. The molecular weight excluding hydrogens is 354 g/mol. The van der Waals surface area contributed by atoms with E-state index in [1.807, 2.05) is 32.0 Å². The molecule has 2 rings (SSSR count). The largest absolute Gasteiger partial charge is 0.494 e. The highest BCUT2D eigenvalue weighted by Crippen LogP contribution is 2.25. The quantitative estimate of drug-likeness (QED) is 0.819. The number of benzene rings is 2. The fourth-order valence-corrected chi connectivity index (χ4v) is 2.36. The van der Waals surface area contributed by atoms with Crippen molar-refractivity contribution in [3.63, 3.8) is 0 Å². The fourth-order valence-electron chi connectivity index (χ4n) is 1.86. The van der Waals surface area contributed by atoms with Gasteiger partial charge in [0.2, 0.25) is 0 Å². The Bertz CT molecular complexity index is 673. The molecule has 0 bridgehead atoms. The molecule has 0 aliphatic carbocycles. The Labute approximate surface area is 137 Å². The van der Waals surface area contributed by atoms with E-state index in [1.54, 1.807) is 18.2 Å². The van der Waals surface area contributed by atoms with E-state index in [-0.39, 0.29) is 5.91 Å². The van der Waals surface area contributed by atoms with E-state index >= 15 is 0 Å². The van der Waals surface area contributed by atoms with Crippen LogP contribution in [0.1, 0.15) is 22.8 Å². The van der Waals surface area contributed by atoms with Gasteiger partial charge in [-0.2, -0.15) is 0 Å². The summed E-state index contributed by atoms with van der Waals surface area (Å²) in [6, 6.07) is 10.6. The highest BCUT2D eigenvalue weighted by atomic mass is 79.9. The number of nitrogens with one attached hydrogen (secondary N) is 1. The van der Waals surface area contributed by atoms with Crippen molar-refractivity contribution in [3.8, 4) is 5.75 Å². The first-order chi connectivity index (χ1) is 10.0. The number of carbonyl (C=O) groups is 1. The van der Waals surface area contributed by atoms with Crippen LogP contribution in [0.2, 0.25) is 5.02 Å². The number of hydrogen-bond donors (Lipinski definition) is 1. The van der Waals surface area contributed by atoms with Gasteiger partial charge >= 0.3 is 0 Å². The van der Waals surface area contributed by atoms with Gasteiger partial charge in [-0.15, -0.1) is 0 Å². The lowest BCUT2D eigenvalue weighted by atomic mass is 10.1. The normalized spacial score (nSPS) is 10.3. The monoisotopic (exact) mass is 367 g/mol. The molecule has 1 N–H and O–H groups in total. The smallest absolute Gasteiger partial charge is 0.255 e. The van der Waals surface area contributed by atoms with Crippen molar-refractivity contribution in [3.05, 3.63) is 57.0 Å². The van der Waals surface area contributed by atoms with Crippen LogP contribution in [-0.4, -0.2) is 12.5 Å². The molecule has 3 nitrogen and oxygen atoms in total. The first kappa shape index (κ1) is 15.9. The lowest BCUT2D eigenvalue weighted by Gasteiger charge is -2.11. The number of anilines is 1. The standard InChI is InChI=1S/C16H15BrClNO2/c1-3-21-12-5-7-15(10(2)8-12)19-16(20)11-4-6-14(18)13(17)9-11/h4-9H,3H2,1-2H3,(H,19,20). The summed E-state index contributed by atoms with van der Waals surface area (Å²) in [5.41, 5.74) is 2.25. The number of amides is 1. The molecule has 0 atom stereocenters. The van der Waals surface area contributed by atoms with Crippen molar-refractivity contribution in [1.82, 2.24) is 0 Å². The van der Waals surface area contributed by atoms with Crippen molar-refractivity contribution in [2.24, 2.45) is 0 Å². The van der Waals surface area contributed by atoms with Crippen LogP contribution in [-0.2, 0) is 0 Å². The van der Waals surface area contributed by atoms with E-state index in [9.17, 15) is 4.79 Å². The molecule has 0 radical (unpaired) electrons. The molecule has 0 saturated carbocycles. The van der Waals surface area contributed by atoms with E-state index in [0.29, 0.717) is 21.7 Å². The van der Waals surface area contributed by atoms with Crippen molar-refractivity contribution in [1.29, 1.82) is 0 Å². The van der Waals surface area contributed by atoms with Crippen LogP contribution in [0.3, 0.4) is 0 Å². The van der Waals surface area contributed by atoms with Gasteiger partial charge in [-0.25, -0.2) is 0 Å². The molecule has 0 unspecified atom stereocenters. The van der Waals surface area contributed by atoms with Crippen molar-refractivity contribution in [2.75, 3.05) is 11.9 Å². The third-order valence-corrected chi connectivity index (χ3v) is 4.15. The summed E-state index contributed by atoms with van der Waals surface area (Å²) >= 11 is 9.24. The summed E-state index contributed by atoms with van der Waals surface area (Å²) in [7, 11) is 0. The number of halogens is 2. The molecule has 21 heavy (non-hydrogen) atoms. The van der Waals surface area contributed by atoms with Gasteiger partial charge in [0.15, 0.2) is 0 Å². The second kappa shape index (κ2) is 6.96. The first-order valence-corrected chi connectivity index (χ1v) is 7.68. The van der Waals surface area contributed by atoms with Crippen LogP contribution in [0.25, 0.3) is 0 Å². The fraction of sp³-hybridized carbons (Fsp3) is 0.188. The molecule has 0 aliphatic rings. The molecule has 0 heterocycles. The lowest BCUT2D eigenvalue weighted by Crippen LogP contribution is -2.12. The lowest BCUT2D eigenvalue weighted by molar-refractivity contribution is 0.102. The minimum Gasteiger partial charge on any atom is -0.494 e. The van der Waals surface area contributed by atoms with E-state index < -0.39 is 0 Å². The zero-order valence-corrected chi connectivity index (χ0v) is 14.1. The molecule has 0 spiro atoms. The molecule has 2 aromatic rings. The van der Waals surface area contributed by atoms with Gasteiger partial charge < -0.3 is 10.1 Å². The highest BCUT2D eigenvalue weighted by Gasteiger charge is 2.10. The Morgan fingerprint density at radius 1 is 1.29 bits per heavy atom. The van der Waals surface area contributed by atoms with Crippen LogP contribution in [0.15, 0.2) is 40.9 Å². The minimum atomic E-state index is -0.181. The average molecular weight is 369 g/mol. The zero-order valence-electron chi connectivity index (χ0n) is 11.7. The summed E-state index contributed by atoms with van der Waals surface area (Å²) in [4.78, 5) is 12.2. The zero-order chi connectivity index (χ0) is 15.4. The van der Waals surface area contributed by atoms with E-state index in [1.165, 1.54) is 0 Å². The summed E-state index contributed by atoms with van der Waals surface area (Å²) < 4.78 is 6.12. The Morgan fingerprint density at radius 3 is 2.67 bits per heavy atom. The Kier molecular flexibility index (Phi) is 5.26. The van der Waals surface area contributed by atoms with Crippen LogP contribution in [0.4, 0.5) is 5.69 Å². The molecule has 0 fully saturated rings. The molecule has 0 aromatic heterocycles. The van der Waals surface area contributed by atoms with Crippen molar-refractivity contribution >= 4 is 39.1 Å². The maximum Gasteiger partial charge on any atom is 0.255 e. The second-order valence-corrected chi connectivity index (χ2v) is 5.75. The van der Waals surface area contributed by atoms with Gasteiger partial charge in [0.25, 0.3) is 5.91 Å². The Hall–Kier alpha value is -1.52. The van der Waals surface area contributed by atoms with E-state index in [4.69, 9.17) is 16.3 Å². The number of rotatable bonds is 4. The number of hydrogen-bond acceptors (Lipinski definition) is 2. The average Bonchev–Trinajstić information content (AvgIpc) is 2.45. The third-order valence-electron chi connectivity index (χ3n) is 2.94. The van der Waals surface area contributed by atoms with Crippen LogP contribution >= 0.6 is 27.5 Å². The van der Waals surface area contributed by atoms with E-state index in [0.717, 1.165) is 17.0 Å². The third kappa shape index (κ3) is 3.99. The minimum absolute atomic E-state index is 0.181. The summed E-state index contributed by atoms with van der Waals surface area (Å²) in [6.07, 6.45) is 0. The van der Waals surface area contributed by atoms with Gasteiger partial charge in [-0.3, -0.25) is 4.79 Å².